The number of hydrogen-bond acceptors (Lipinski definition) is 3. The van der Waals surface area contributed by atoms with E-state index in [9.17, 15) is 0 Å². The van der Waals surface area contributed by atoms with Gasteiger partial charge in [0.25, 0.3) is 0 Å². The Kier molecular flexibility index (Phi) is 2.19. The molecule has 5 heteroatoms. The molecule has 2 aromatic rings. The molecule has 0 spiro atoms. The molecular weight excluding hydrogens is 238 g/mol. The molecule has 0 bridgehead atoms. The van der Waals surface area contributed by atoms with Crippen LogP contribution in [-0.2, 0) is 13.6 Å². The van der Waals surface area contributed by atoms with Gasteiger partial charge in [-0.3, -0.25) is 9.25 Å². The highest BCUT2D eigenvalue weighted by atomic mass is 15.3. The van der Waals surface area contributed by atoms with Gasteiger partial charge in [-0.1, -0.05) is 27.7 Å². The molecule has 2 N–H and O–H groups in total. The van der Waals surface area contributed by atoms with E-state index in [-0.39, 0.29) is 0 Å². The lowest BCUT2D eigenvalue weighted by molar-refractivity contribution is 0.457. The fourth-order valence-corrected chi connectivity index (χ4v) is 3.50. The van der Waals surface area contributed by atoms with Crippen molar-refractivity contribution in [3.8, 4) is 0 Å². The molecule has 1 saturated carbocycles. The zero-order valence-electron chi connectivity index (χ0n) is 12.7. The molecule has 0 radical (unpaired) electrons. The molecule has 1 fully saturated rings. The van der Waals surface area contributed by atoms with Crippen molar-refractivity contribution in [3.63, 3.8) is 0 Å². The van der Waals surface area contributed by atoms with Gasteiger partial charge in [-0.25, -0.2) is 4.98 Å². The summed E-state index contributed by atoms with van der Waals surface area (Å²) in [5.74, 6) is 1.22. The minimum atomic E-state index is 0.351. The summed E-state index contributed by atoms with van der Waals surface area (Å²) in [5, 5.41) is 4.43. The van der Waals surface area contributed by atoms with E-state index >= 15 is 0 Å². The first-order valence-corrected chi connectivity index (χ1v) is 6.83. The molecule has 104 valence electrons. The number of nitrogens with two attached hydrogens (primary N) is 1. The van der Waals surface area contributed by atoms with Crippen molar-refractivity contribution in [2.75, 3.05) is 5.73 Å². The summed E-state index contributed by atoms with van der Waals surface area (Å²) in [5.41, 5.74) is 9.71. The van der Waals surface area contributed by atoms with Crippen LogP contribution in [0.25, 0.3) is 11.2 Å². The first kappa shape index (κ1) is 12.5. The Balaban J connectivity index is 2.05. The van der Waals surface area contributed by atoms with Crippen LogP contribution in [0.5, 0.6) is 0 Å². The highest BCUT2D eigenvalue weighted by molar-refractivity contribution is 5.77. The summed E-state index contributed by atoms with van der Waals surface area (Å²) in [4.78, 5) is 4.47. The van der Waals surface area contributed by atoms with Gasteiger partial charge in [0.05, 0.1) is 5.69 Å². The Hall–Kier alpha value is -1.52. The maximum absolute atomic E-state index is 6.10. The fourth-order valence-electron chi connectivity index (χ4n) is 3.50. The van der Waals surface area contributed by atoms with Gasteiger partial charge < -0.3 is 5.73 Å². The molecule has 1 aliphatic rings. The lowest BCUT2D eigenvalue weighted by Gasteiger charge is -2.08. The molecule has 0 aromatic carbocycles. The van der Waals surface area contributed by atoms with Crippen molar-refractivity contribution in [1.82, 2.24) is 19.3 Å². The van der Waals surface area contributed by atoms with Crippen molar-refractivity contribution >= 4 is 17.1 Å². The van der Waals surface area contributed by atoms with Crippen LogP contribution in [0.2, 0.25) is 0 Å². The molecule has 0 atom stereocenters. The molecule has 5 nitrogen and oxygen atoms in total. The largest absolute Gasteiger partial charge is 0.369 e. The first-order valence-electron chi connectivity index (χ1n) is 6.83. The second kappa shape index (κ2) is 3.32. The second-order valence-electron chi connectivity index (χ2n) is 6.96. The molecule has 2 heterocycles. The van der Waals surface area contributed by atoms with E-state index in [4.69, 9.17) is 5.73 Å². The van der Waals surface area contributed by atoms with Crippen LogP contribution in [-0.4, -0.2) is 19.3 Å². The smallest absolute Gasteiger partial charge is 0.202 e. The Morgan fingerprint density at radius 2 is 1.79 bits per heavy atom. The van der Waals surface area contributed by atoms with E-state index in [0.29, 0.717) is 22.7 Å². The van der Waals surface area contributed by atoms with Crippen LogP contribution in [0.1, 0.15) is 33.4 Å². The lowest BCUT2D eigenvalue weighted by atomic mass is 10.0. The molecule has 2 aromatic heterocycles. The lowest BCUT2D eigenvalue weighted by Crippen LogP contribution is -2.10. The van der Waals surface area contributed by atoms with Crippen LogP contribution in [0.4, 0.5) is 5.95 Å². The number of imidazole rings is 1. The van der Waals surface area contributed by atoms with Gasteiger partial charge in [-0.05, 0) is 23.7 Å². The predicted molar refractivity (Wildman–Crippen MR) is 76.7 cm³/mol. The predicted octanol–water partition coefficient (Wildman–Crippen LogP) is 2.34. The van der Waals surface area contributed by atoms with Gasteiger partial charge in [-0.2, -0.15) is 5.10 Å². The number of fused-ring (bicyclic) bond motifs is 1. The summed E-state index contributed by atoms with van der Waals surface area (Å²) in [7, 11) is 1.95. The van der Waals surface area contributed by atoms with Crippen molar-refractivity contribution < 1.29 is 0 Å². The zero-order chi connectivity index (χ0) is 14.2. The van der Waals surface area contributed by atoms with Crippen molar-refractivity contribution in [2.24, 2.45) is 23.8 Å². The monoisotopic (exact) mass is 261 g/mol. The number of aryl methyl sites for hydroxylation is 2. The molecule has 1 aliphatic carbocycles. The maximum atomic E-state index is 6.10. The Morgan fingerprint density at radius 3 is 2.32 bits per heavy atom. The van der Waals surface area contributed by atoms with E-state index in [1.165, 1.54) is 0 Å². The van der Waals surface area contributed by atoms with Crippen molar-refractivity contribution in [2.45, 2.75) is 41.2 Å². The fraction of sp³-hybridized carbons (Fsp3) is 0.714. The third kappa shape index (κ3) is 1.41. The van der Waals surface area contributed by atoms with Crippen LogP contribution >= 0.6 is 0 Å². The normalized spacial score (nSPS) is 21.2. The maximum Gasteiger partial charge on any atom is 0.202 e. The second-order valence-corrected chi connectivity index (χ2v) is 6.96. The number of nitrogens with zero attached hydrogens (tertiary/aromatic N) is 4. The minimum absolute atomic E-state index is 0.351. The average molecular weight is 261 g/mol. The van der Waals surface area contributed by atoms with Gasteiger partial charge in [0, 0.05) is 13.6 Å². The molecule has 19 heavy (non-hydrogen) atoms. The van der Waals surface area contributed by atoms with Crippen molar-refractivity contribution in [1.29, 1.82) is 0 Å². The van der Waals surface area contributed by atoms with E-state index in [1.54, 1.807) is 0 Å². The Morgan fingerprint density at radius 1 is 1.21 bits per heavy atom. The quantitative estimate of drug-likeness (QED) is 0.902. The third-order valence-electron chi connectivity index (χ3n) is 5.60. The number of rotatable bonds is 2. The first-order chi connectivity index (χ1) is 8.68. The van der Waals surface area contributed by atoms with Crippen molar-refractivity contribution in [3.05, 3.63) is 5.69 Å². The zero-order valence-corrected chi connectivity index (χ0v) is 12.7. The molecule has 0 aliphatic heterocycles. The third-order valence-corrected chi connectivity index (χ3v) is 5.60. The van der Waals surface area contributed by atoms with E-state index in [2.05, 4.69) is 42.3 Å². The average Bonchev–Trinajstić information content (AvgIpc) is 2.61. The van der Waals surface area contributed by atoms with Crippen LogP contribution in [0, 0.1) is 23.7 Å². The van der Waals surface area contributed by atoms with E-state index < -0.39 is 0 Å². The van der Waals surface area contributed by atoms with Gasteiger partial charge in [0.15, 0.2) is 5.65 Å². The van der Waals surface area contributed by atoms with Gasteiger partial charge in [0.2, 0.25) is 5.95 Å². The van der Waals surface area contributed by atoms with Gasteiger partial charge >= 0.3 is 0 Å². The summed E-state index contributed by atoms with van der Waals surface area (Å²) >= 11 is 0. The molecule has 0 amide bonds. The Bertz CT molecular complexity index is 645. The highest BCUT2D eigenvalue weighted by Gasteiger charge is 2.64. The standard InChI is InChI=1S/C14H23N5/c1-8-10-11(18(6)17-8)19(12(15)16-10)7-9-13(2,3)14(9,4)5/h9H,7H2,1-6H3,(H2,15,16). The summed E-state index contributed by atoms with van der Waals surface area (Å²) < 4.78 is 4.01. The van der Waals surface area contributed by atoms with Crippen LogP contribution in [0.3, 0.4) is 0 Å². The molecule has 0 saturated heterocycles. The minimum Gasteiger partial charge on any atom is -0.369 e. The summed E-state index contributed by atoms with van der Waals surface area (Å²) in [6.07, 6.45) is 0. The molecule has 0 unspecified atom stereocenters. The summed E-state index contributed by atoms with van der Waals surface area (Å²) in [6, 6.07) is 0. The van der Waals surface area contributed by atoms with Crippen LogP contribution < -0.4 is 5.73 Å². The highest BCUT2D eigenvalue weighted by Crippen LogP contribution is 2.69. The number of nitrogen functional groups attached to an aromatic ring is 1. The van der Waals surface area contributed by atoms with Gasteiger partial charge in [-0.15, -0.1) is 0 Å². The number of anilines is 1. The molecular formula is C14H23N5. The topological polar surface area (TPSA) is 61.7 Å². The van der Waals surface area contributed by atoms with E-state index in [0.717, 1.165) is 23.4 Å². The van der Waals surface area contributed by atoms with E-state index in [1.807, 2.05) is 18.7 Å². The number of hydrogen-bond donors (Lipinski definition) is 1. The molecule has 3 rings (SSSR count). The van der Waals surface area contributed by atoms with Gasteiger partial charge in [0.1, 0.15) is 5.52 Å². The summed E-state index contributed by atoms with van der Waals surface area (Å²) in [6.45, 7) is 12.2. The Labute approximate surface area is 113 Å². The van der Waals surface area contributed by atoms with Crippen LogP contribution in [0.15, 0.2) is 0 Å². The SMILES string of the molecule is Cc1nn(C)c2c1nc(N)n2CC1C(C)(C)C1(C)C. The number of aromatic nitrogens is 4.